The largest absolute Gasteiger partial charge is 0.337 e. The molecule has 0 amide bonds. The van der Waals surface area contributed by atoms with Gasteiger partial charge in [0, 0.05) is 28.9 Å². The van der Waals surface area contributed by atoms with Gasteiger partial charge in [0.25, 0.3) is 0 Å². The third kappa shape index (κ3) is 2.65. The van der Waals surface area contributed by atoms with Crippen LogP contribution in [0.3, 0.4) is 0 Å². The van der Waals surface area contributed by atoms with Gasteiger partial charge in [0.2, 0.25) is 11.7 Å². The second kappa shape index (κ2) is 5.58. The van der Waals surface area contributed by atoms with Gasteiger partial charge in [-0.25, -0.2) is 4.98 Å². The summed E-state index contributed by atoms with van der Waals surface area (Å²) < 4.78 is 8.34. The van der Waals surface area contributed by atoms with Crippen LogP contribution >= 0.6 is 15.9 Å². The molecule has 0 N–H and O–H groups in total. The molecule has 3 aromatic rings. The predicted molar refractivity (Wildman–Crippen MR) is 78.1 cm³/mol. The summed E-state index contributed by atoms with van der Waals surface area (Å²) in [5.74, 6) is 2.19. The van der Waals surface area contributed by atoms with Crippen molar-refractivity contribution >= 4 is 15.9 Å². The summed E-state index contributed by atoms with van der Waals surface area (Å²) in [6, 6.07) is 7.81. The fraction of sp³-hybridized carbons (Fsp3) is 0.214. The molecule has 6 heteroatoms. The Balaban J connectivity index is 1.82. The lowest BCUT2D eigenvalue weighted by Gasteiger charge is -2.01. The molecule has 2 heterocycles. The molecule has 0 saturated carbocycles. The summed E-state index contributed by atoms with van der Waals surface area (Å²) in [6.45, 7) is 2.62. The van der Waals surface area contributed by atoms with Crippen molar-refractivity contribution in [2.45, 2.75) is 19.9 Å². The zero-order valence-electron chi connectivity index (χ0n) is 11.0. The molecule has 0 aliphatic rings. The summed E-state index contributed by atoms with van der Waals surface area (Å²) in [5, 5.41) is 4.02. The minimum atomic E-state index is 0.548. The first-order valence-corrected chi connectivity index (χ1v) is 7.14. The van der Waals surface area contributed by atoms with Gasteiger partial charge in [-0.3, -0.25) is 0 Å². The monoisotopic (exact) mass is 332 g/mol. The minimum Gasteiger partial charge on any atom is -0.337 e. The first-order valence-electron chi connectivity index (χ1n) is 6.35. The molecule has 0 unspecified atom stereocenters. The highest BCUT2D eigenvalue weighted by molar-refractivity contribution is 9.10. The second-order valence-corrected chi connectivity index (χ2v) is 5.26. The molecule has 0 bridgehead atoms. The number of halogens is 1. The van der Waals surface area contributed by atoms with E-state index in [1.165, 1.54) is 0 Å². The summed E-state index contributed by atoms with van der Waals surface area (Å²) in [4.78, 5) is 8.69. The van der Waals surface area contributed by atoms with E-state index in [1.54, 1.807) is 6.20 Å². The molecule has 0 atom stereocenters. The third-order valence-electron chi connectivity index (χ3n) is 2.99. The van der Waals surface area contributed by atoms with Crippen LogP contribution in [0.4, 0.5) is 0 Å². The van der Waals surface area contributed by atoms with Crippen LogP contribution in [-0.2, 0) is 13.0 Å². The van der Waals surface area contributed by atoms with Crippen LogP contribution in [0.5, 0.6) is 0 Å². The van der Waals surface area contributed by atoms with E-state index in [0.29, 0.717) is 18.3 Å². The van der Waals surface area contributed by atoms with Crippen molar-refractivity contribution in [3.8, 4) is 11.4 Å². The maximum atomic E-state index is 5.30. The maximum absolute atomic E-state index is 5.30. The Labute approximate surface area is 124 Å². The van der Waals surface area contributed by atoms with Crippen LogP contribution in [0.15, 0.2) is 45.7 Å². The van der Waals surface area contributed by atoms with Gasteiger partial charge in [-0.15, -0.1) is 0 Å². The van der Waals surface area contributed by atoms with Crippen LogP contribution in [0.1, 0.15) is 18.6 Å². The molecule has 102 valence electrons. The Bertz CT molecular complexity index is 702. The van der Waals surface area contributed by atoms with Crippen LogP contribution in [0.25, 0.3) is 11.4 Å². The van der Waals surface area contributed by atoms with Crippen molar-refractivity contribution in [3.05, 3.63) is 52.8 Å². The molecular formula is C14H13BrN4O. The maximum Gasteiger partial charge on any atom is 0.246 e. The van der Waals surface area contributed by atoms with Crippen molar-refractivity contribution < 1.29 is 4.52 Å². The van der Waals surface area contributed by atoms with E-state index in [4.69, 9.17) is 4.52 Å². The van der Waals surface area contributed by atoms with Crippen molar-refractivity contribution in [1.29, 1.82) is 0 Å². The molecule has 0 saturated heterocycles. The van der Waals surface area contributed by atoms with Crippen LogP contribution in [0.2, 0.25) is 0 Å². The smallest absolute Gasteiger partial charge is 0.246 e. The Morgan fingerprint density at radius 3 is 2.80 bits per heavy atom. The predicted octanol–water partition coefficient (Wildman–Crippen LogP) is 3.31. The number of aromatic nitrogens is 4. The van der Waals surface area contributed by atoms with E-state index < -0.39 is 0 Å². The average Bonchev–Trinajstić information content (AvgIpc) is 3.09. The lowest BCUT2D eigenvalue weighted by atomic mass is 10.2. The highest BCUT2D eigenvalue weighted by Crippen LogP contribution is 2.19. The lowest BCUT2D eigenvalue weighted by Crippen LogP contribution is -2.03. The number of imidazole rings is 1. The number of aryl methyl sites for hydroxylation is 1. The molecule has 3 rings (SSSR count). The summed E-state index contributed by atoms with van der Waals surface area (Å²) in [5.41, 5.74) is 0.935. The van der Waals surface area contributed by atoms with Crippen LogP contribution in [-0.4, -0.2) is 19.7 Å². The molecule has 20 heavy (non-hydrogen) atoms. The molecular weight excluding hydrogens is 320 g/mol. The highest BCUT2D eigenvalue weighted by Gasteiger charge is 2.10. The fourth-order valence-electron chi connectivity index (χ4n) is 1.98. The molecule has 0 aliphatic heterocycles. The lowest BCUT2D eigenvalue weighted by molar-refractivity contribution is 0.370. The topological polar surface area (TPSA) is 56.7 Å². The molecule has 0 fully saturated rings. The van der Waals surface area contributed by atoms with Crippen molar-refractivity contribution in [1.82, 2.24) is 19.7 Å². The Morgan fingerprint density at radius 2 is 2.05 bits per heavy atom. The molecule has 0 aliphatic carbocycles. The van der Waals surface area contributed by atoms with E-state index >= 15 is 0 Å². The van der Waals surface area contributed by atoms with E-state index in [9.17, 15) is 0 Å². The number of hydrogen-bond donors (Lipinski definition) is 0. The third-order valence-corrected chi connectivity index (χ3v) is 3.52. The first-order chi connectivity index (χ1) is 9.76. The molecule has 1 aromatic carbocycles. The Kier molecular flexibility index (Phi) is 3.64. The van der Waals surface area contributed by atoms with Crippen molar-refractivity contribution in [3.63, 3.8) is 0 Å². The van der Waals surface area contributed by atoms with Gasteiger partial charge in [0.15, 0.2) is 0 Å². The SMILES string of the molecule is CCc1nccn1Cc1nc(-c2ccc(Br)cc2)no1. The molecule has 2 aromatic heterocycles. The average molecular weight is 333 g/mol. The van der Waals surface area contributed by atoms with Crippen LogP contribution < -0.4 is 0 Å². The van der Waals surface area contributed by atoms with Gasteiger partial charge < -0.3 is 9.09 Å². The summed E-state index contributed by atoms with van der Waals surface area (Å²) in [7, 11) is 0. The summed E-state index contributed by atoms with van der Waals surface area (Å²) in [6.07, 6.45) is 4.58. The van der Waals surface area contributed by atoms with Gasteiger partial charge in [-0.2, -0.15) is 4.98 Å². The van der Waals surface area contributed by atoms with Crippen LogP contribution in [0, 0.1) is 0 Å². The Morgan fingerprint density at radius 1 is 1.25 bits per heavy atom. The van der Waals surface area contributed by atoms with Gasteiger partial charge >= 0.3 is 0 Å². The summed E-state index contributed by atoms with van der Waals surface area (Å²) >= 11 is 3.40. The van der Waals surface area contributed by atoms with Gasteiger partial charge in [0.05, 0.1) is 0 Å². The number of hydrogen-bond acceptors (Lipinski definition) is 4. The van der Waals surface area contributed by atoms with Gasteiger partial charge in [0.1, 0.15) is 12.4 Å². The number of benzene rings is 1. The molecule has 5 nitrogen and oxygen atoms in total. The standard InChI is InChI=1S/C14H13BrN4O/c1-2-12-16-7-8-19(12)9-13-17-14(18-20-13)10-3-5-11(15)6-4-10/h3-8H,2,9H2,1H3. The zero-order chi connectivity index (χ0) is 13.9. The first kappa shape index (κ1) is 13.1. The van der Waals surface area contributed by atoms with E-state index in [1.807, 2.05) is 35.0 Å². The number of nitrogens with zero attached hydrogens (tertiary/aromatic N) is 4. The normalized spacial score (nSPS) is 10.9. The fourth-order valence-corrected chi connectivity index (χ4v) is 2.24. The quantitative estimate of drug-likeness (QED) is 0.735. The van der Waals surface area contributed by atoms with Gasteiger partial charge in [-0.1, -0.05) is 28.0 Å². The van der Waals surface area contributed by atoms with Gasteiger partial charge in [-0.05, 0) is 24.3 Å². The van der Waals surface area contributed by atoms with E-state index in [-0.39, 0.29) is 0 Å². The second-order valence-electron chi connectivity index (χ2n) is 4.34. The minimum absolute atomic E-state index is 0.548. The van der Waals surface area contributed by atoms with Crippen molar-refractivity contribution in [2.24, 2.45) is 0 Å². The highest BCUT2D eigenvalue weighted by atomic mass is 79.9. The molecule has 0 spiro atoms. The van der Waals surface area contributed by atoms with E-state index in [2.05, 4.69) is 38.0 Å². The zero-order valence-corrected chi connectivity index (χ0v) is 12.5. The Hall–Kier alpha value is -1.95. The number of rotatable bonds is 4. The molecule has 0 radical (unpaired) electrons. The van der Waals surface area contributed by atoms with E-state index in [0.717, 1.165) is 22.3 Å². The van der Waals surface area contributed by atoms with Crippen molar-refractivity contribution in [2.75, 3.05) is 0 Å².